The molecule has 0 amide bonds. The Morgan fingerprint density at radius 3 is 1.93 bits per heavy atom. The van der Waals surface area contributed by atoms with Gasteiger partial charge in [-0.1, -0.05) is 77.6 Å². The molecule has 1 atom stereocenters. The third kappa shape index (κ3) is 21.6. The molecule has 7 heteroatoms. The van der Waals surface area contributed by atoms with Gasteiger partial charge in [-0.2, -0.15) is 0 Å². The summed E-state index contributed by atoms with van der Waals surface area (Å²) in [5.74, 6) is 0. The minimum atomic E-state index is -4.01. The average Bonchev–Trinajstić information content (AvgIpc) is 2.68. The van der Waals surface area contributed by atoms with Crippen molar-refractivity contribution in [1.82, 2.24) is 0 Å². The fraction of sp³-hybridized carbons (Fsp3) is 0.810. The van der Waals surface area contributed by atoms with Crippen LogP contribution in [0.5, 0.6) is 0 Å². The summed E-state index contributed by atoms with van der Waals surface area (Å²) in [7, 11) is -4.01. The van der Waals surface area contributed by atoms with Crippen LogP contribution in [0.4, 0.5) is 0 Å². The third-order valence-electron chi connectivity index (χ3n) is 4.28. The molecule has 0 aliphatic rings. The number of allylic oxidation sites excluding steroid dienone is 1. The molecular weight excluding hydrogens is 377 g/mol. The minimum absolute atomic E-state index is 0.0180. The monoisotopic (exact) mass is 419 g/mol. The minimum Gasteiger partial charge on any atom is -0.473 e. The van der Waals surface area contributed by atoms with Gasteiger partial charge < -0.3 is 15.4 Å². The molecule has 0 heterocycles. The van der Waals surface area contributed by atoms with E-state index in [0.717, 1.165) is 6.42 Å². The Hall–Kier alpha value is -0.650. The van der Waals surface area contributed by atoms with Crippen molar-refractivity contribution in [3.8, 4) is 0 Å². The first-order valence-corrected chi connectivity index (χ1v) is 12.4. The standard InChI is InChI=1S/C21H42NO5P/c1-2-3-4-5-6-7-8-9-10-11-12-13-14-15-18-25-19-16-20-26-28(23,24)27-21-17-22/h15-16,18-19H,2-14,17,20-22H2,1H3,(H,23,24)/b18-15+,19-16+. The van der Waals surface area contributed by atoms with Crippen LogP contribution in [-0.2, 0) is 18.3 Å². The highest BCUT2D eigenvalue weighted by atomic mass is 31.2. The van der Waals surface area contributed by atoms with Crippen molar-refractivity contribution in [2.45, 2.75) is 90.4 Å². The summed E-state index contributed by atoms with van der Waals surface area (Å²) in [5.41, 5.74) is 5.18. The number of unbranched alkanes of at least 4 members (excludes halogenated alkanes) is 12. The summed E-state index contributed by atoms with van der Waals surface area (Å²) in [6.45, 7) is 2.34. The van der Waals surface area contributed by atoms with Gasteiger partial charge >= 0.3 is 7.82 Å². The van der Waals surface area contributed by atoms with E-state index in [9.17, 15) is 9.46 Å². The third-order valence-corrected chi connectivity index (χ3v) is 5.26. The highest BCUT2D eigenvalue weighted by Gasteiger charge is 2.19. The lowest BCUT2D eigenvalue weighted by atomic mass is 10.0. The molecule has 1 unspecified atom stereocenters. The Morgan fingerprint density at radius 1 is 0.821 bits per heavy atom. The predicted molar refractivity (Wildman–Crippen MR) is 116 cm³/mol. The summed E-state index contributed by atoms with van der Waals surface area (Å²) in [6, 6.07) is 0. The van der Waals surface area contributed by atoms with Crippen molar-refractivity contribution < 1.29 is 23.2 Å². The van der Waals surface area contributed by atoms with Crippen molar-refractivity contribution in [2.24, 2.45) is 5.73 Å². The van der Waals surface area contributed by atoms with Crippen molar-refractivity contribution in [3.63, 3.8) is 0 Å². The Kier molecular flexibility index (Phi) is 20.6. The molecule has 0 aliphatic heterocycles. The van der Waals surface area contributed by atoms with Gasteiger partial charge in [0.25, 0.3) is 0 Å². The number of ether oxygens (including phenoxy) is 1. The normalized spacial score (nSPS) is 14.1. The van der Waals surface area contributed by atoms with Gasteiger partial charge in [0, 0.05) is 6.54 Å². The molecular formula is C21H42NO5P. The lowest BCUT2D eigenvalue weighted by Crippen LogP contribution is -2.08. The zero-order valence-electron chi connectivity index (χ0n) is 17.7. The van der Waals surface area contributed by atoms with Gasteiger partial charge in [0.2, 0.25) is 0 Å². The number of phosphoric ester groups is 1. The molecule has 3 N–H and O–H groups in total. The Labute approximate surface area is 172 Å². The molecule has 166 valence electrons. The number of rotatable bonds is 21. The highest BCUT2D eigenvalue weighted by Crippen LogP contribution is 2.42. The zero-order valence-corrected chi connectivity index (χ0v) is 18.6. The van der Waals surface area contributed by atoms with Crippen LogP contribution in [0.15, 0.2) is 24.7 Å². The van der Waals surface area contributed by atoms with E-state index in [2.05, 4.69) is 11.4 Å². The van der Waals surface area contributed by atoms with Gasteiger partial charge in [-0.05, 0) is 25.0 Å². The smallest absolute Gasteiger partial charge is 0.472 e. The molecule has 0 fully saturated rings. The molecule has 0 saturated carbocycles. The molecule has 28 heavy (non-hydrogen) atoms. The first-order chi connectivity index (χ1) is 13.6. The summed E-state index contributed by atoms with van der Waals surface area (Å²) in [6.07, 6.45) is 23.8. The molecule has 0 aliphatic carbocycles. The van der Waals surface area contributed by atoms with E-state index in [0.29, 0.717) is 0 Å². The van der Waals surface area contributed by atoms with Crippen LogP contribution in [0, 0.1) is 0 Å². The van der Waals surface area contributed by atoms with Crippen LogP contribution in [0.25, 0.3) is 0 Å². The van der Waals surface area contributed by atoms with E-state index < -0.39 is 7.82 Å². The summed E-state index contributed by atoms with van der Waals surface area (Å²) in [5, 5.41) is 0. The molecule has 0 radical (unpaired) electrons. The van der Waals surface area contributed by atoms with Crippen LogP contribution in [0.3, 0.4) is 0 Å². The van der Waals surface area contributed by atoms with E-state index in [-0.39, 0.29) is 19.8 Å². The van der Waals surface area contributed by atoms with Crippen LogP contribution in [-0.4, -0.2) is 24.7 Å². The van der Waals surface area contributed by atoms with Gasteiger partial charge in [-0.15, -0.1) is 0 Å². The van der Waals surface area contributed by atoms with Crippen LogP contribution in [0.1, 0.15) is 90.4 Å². The van der Waals surface area contributed by atoms with Gasteiger partial charge in [-0.25, -0.2) is 4.57 Å². The summed E-state index contributed by atoms with van der Waals surface area (Å²) < 4.78 is 25.8. The van der Waals surface area contributed by atoms with Crippen LogP contribution in [0.2, 0.25) is 0 Å². The van der Waals surface area contributed by atoms with Crippen molar-refractivity contribution in [3.05, 3.63) is 24.7 Å². The highest BCUT2D eigenvalue weighted by molar-refractivity contribution is 7.47. The SMILES string of the molecule is CCCCCCCCCCCCCC/C=C/O/C=C/COP(=O)(O)OCCN. The van der Waals surface area contributed by atoms with E-state index in [1.165, 1.54) is 89.4 Å². The Bertz CT molecular complexity index is 429. The first-order valence-electron chi connectivity index (χ1n) is 10.9. The second-order valence-corrected chi connectivity index (χ2v) is 8.40. The van der Waals surface area contributed by atoms with Crippen molar-refractivity contribution in [1.29, 1.82) is 0 Å². The quantitative estimate of drug-likeness (QED) is 0.130. The molecule has 0 rings (SSSR count). The lowest BCUT2D eigenvalue weighted by molar-refractivity contribution is 0.164. The maximum Gasteiger partial charge on any atom is 0.472 e. The van der Waals surface area contributed by atoms with Gasteiger partial charge in [0.1, 0.15) is 0 Å². The van der Waals surface area contributed by atoms with E-state index in [1.807, 2.05) is 6.08 Å². The summed E-state index contributed by atoms with van der Waals surface area (Å²) >= 11 is 0. The molecule has 6 nitrogen and oxygen atoms in total. The van der Waals surface area contributed by atoms with Crippen molar-refractivity contribution >= 4 is 7.82 Å². The number of phosphoric acid groups is 1. The maximum atomic E-state index is 11.3. The second kappa shape index (κ2) is 21.1. The van der Waals surface area contributed by atoms with Crippen LogP contribution < -0.4 is 5.73 Å². The Balaban J connectivity index is 3.33. The number of hydrogen-bond donors (Lipinski definition) is 2. The first kappa shape index (κ1) is 27.4. The van der Waals surface area contributed by atoms with E-state index in [4.69, 9.17) is 15.0 Å². The molecule has 0 saturated heterocycles. The fourth-order valence-electron chi connectivity index (χ4n) is 2.71. The molecule has 0 aromatic carbocycles. The van der Waals surface area contributed by atoms with E-state index in [1.54, 1.807) is 6.26 Å². The fourth-order valence-corrected chi connectivity index (χ4v) is 3.39. The predicted octanol–water partition coefficient (Wildman–Crippen LogP) is 6.21. The number of nitrogens with two attached hydrogens (primary N) is 1. The summed E-state index contributed by atoms with van der Waals surface area (Å²) in [4.78, 5) is 9.26. The molecule has 0 aromatic rings. The largest absolute Gasteiger partial charge is 0.473 e. The van der Waals surface area contributed by atoms with Gasteiger partial charge in [0.05, 0.1) is 25.7 Å². The van der Waals surface area contributed by atoms with Crippen LogP contribution >= 0.6 is 7.82 Å². The molecule has 0 bridgehead atoms. The topological polar surface area (TPSA) is 91.0 Å². The lowest BCUT2D eigenvalue weighted by Gasteiger charge is -2.09. The molecule has 0 aromatic heterocycles. The maximum absolute atomic E-state index is 11.3. The van der Waals surface area contributed by atoms with Crippen molar-refractivity contribution in [2.75, 3.05) is 19.8 Å². The number of hydrogen-bond acceptors (Lipinski definition) is 5. The Morgan fingerprint density at radius 2 is 1.36 bits per heavy atom. The average molecular weight is 420 g/mol. The zero-order chi connectivity index (χ0) is 20.8. The van der Waals surface area contributed by atoms with Gasteiger partial charge in [0.15, 0.2) is 0 Å². The van der Waals surface area contributed by atoms with E-state index >= 15 is 0 Å². The second-order valence-electron chi connectivity index (χ2n) is 6.94. The van der Waals surface area contributed by atoms with Gasteiger partial charge in [-0.3, -0.25) is 9.05 Å². The molecule has 0 spiro atoms.